The van der Waals surface area contributed by atoms with E-state index in [-0.39, 0.29) is 4.47 Å². The number of hydrogen-bond acceptors (Lipinski definition) is 4. The summed E-state index contributed by atoms with van der Waals surface area (Å²) in [5.41, 5.74) is 3.72. The number of nitrogens with zero attached hydrogens (tertiary/aromatic N) is 2. The number of aromatic nitrogens is 1. The molecule has 2 N–H and O–H groups in total. The summed E-state index contributed by atoms with van der Waals surface area (Å²) < 4.78 is 24.2. The van der Waals surface area contributed by atoms with Gasteiger partial charge in [0.15, 0.2) is 0 Å². The molecular weight excluding hydrogens is 264 g/mol. The van der Waals surface area contributed by atoms with Crippen molar-refractivity contribution in [3.05, 3.63) is 26.5 Å². The maximum Gasteiger partial charge on any atom is 0.303 e. The second-order valence-electron chi connectivity index (χ2n) is 2.31. The second-order valence-corrected chi connectivity index (χ2v) is 3.11. The predicted molar refractivity (Wildman–Crippen MR) is 48.0 cm³/mol. The van der Waals surface area contributed by atoms with Crippen LogP contribution in [-0.4, -0.2) is 9.91 Å². The molecule has 14 heavy (non-hydrogen) atoms. The van der Waals surface area contributed by atoms with Crippen LogP contribution < -0.4 is 5.73 Å². The highest BCUT2D eigenvalue weighted by atomic mass is 79.9. The molecule has 1 rings (SSSR count). The Hall–Kier alpha value is -1.31. The highest BCUT2D eigenvalue weighted by molar-refractivity contribution is 9.10. The zero-order chi connectivity index (χ0) is 10.9. The van der Waals surface area contributed by atoms with Crippen LogP contribution in [0.5, 0.6) is 0 Å². The molecule has 0 fully saturated rings. The number of alkyl halides is 2. The number of anilines is 1. The van der Waals surface area contributed by atoms with Crippen molar-refractivity contribution >= 4 is 27.3 Å². The lowest BCUT2D eigenvalue weighted by atomic mass is 10.3. The van der Waals surface area contributed by atoms with E-state index in [0.717, 1.165) is 6.20 Å². The molecule has 76 valence electrons. The maximum atomic E-state index is 12.2. The van der Waals surface area contributed by atoms with Gasteiger partial charge < -0.3 is 5.73 Å². The van der Waals surface area contributed by atoms with Crippen LogP contribution >= 0.6 is 15.9 Å². The summed E-state index contributed by atoms with van der Waals surface area (Å²) in [4.78, 5) is 12.8. The van der Waals surface area contributed by atoms with Crippen molar-refractivity contribution in [2.75, 3.05) is 5.73 Å². The minimum absolute atomic E-state index is 0.173. The Bertz CT molecular complexity index is 386. The minimum Gasteiger partial charge on any atom is -0.396 e. The Morgan fingerprint density at radius 1 is 1.64 bits per heavy atom. The van der Waals surface area contributed by atoms with E-state index in [1.165, 1.54) is 0 Å². The molecular formula is C6H4BrF2N3O2. The fourth-order valence-corrected chi connectivity index (χ4v) is 1.26. The first-order valence-electron chi connectivity index (χ1n) is 3.31. The Kier molecular flexibility index (Phi) is 2.94. The average Bonchev–Trinajstić information content (AvgIpc) is 2.08. The Labute approximate surface area is 85.2 Å². The number of hydrogen-bond donors (Lipinski definition) is 1. The van der Waals surface area contributed by atoms with Crippen molar-refractivity contribution in [2.45, 2.75) is 6.43 Å². The average molecular weight is 268 g/mol. The Morgan fingerprint density at radius 3 is 2.64 bits per heavy atom. The molecule has 0 aliphatic rings. The zero-order valence-electron chi connectivity index (χ0n) is 6.58. The normalized spacial score (nSPS) is 10.6. The van der Waals surface area contributed by atoms with Crippen LogP contribution in [0.15, 0.2) is 10.7 Å². The monoisotopic (exact) mass is 267 g/mol. The standard InChI is InChI=1S/C6H4BrF2N3O2/c7-3-2(12(13)14)1-11-5(4(3)10)6(8)9/h1,6H,10H2. The predicted octanol–water partition coefficient (Wildman–Crippen LogP) is 2.27. The number of nitrogens with two attached hydrogens (primary N) is 1. The first kappa shape index (κ1) is 10.8. The molecule has 0 aromatic carbocycles. The third kappa shape index (κ3) is 1.79. The van der Waals surface area contributed by atoms with E-state index in [0.29, 0.717) is 0 Å². The van der Waals surface area contributed by atoms with Crippen LogP contribution in [0.3, 0.4) is 0 Å². The summed E-state index contributed by atoms with van der Waals surface area (Å²) in [5.74, 6) is 0. The molecule has 0 aliphatic carbocycles. The van der Waals surface area contributed by atoms with E-state index in [9.17, 15) is 18.9 Å². The van der Waals surface area contributed by atoms with E-state index in [4.69, 9.17) is 5.73 Å². The van der Waals surface area contributed by atoms with Crippen LogP contribution in [0.4, 0.5) is 20.2 Å². The van der Waals surface area contributed by atoms with Gasteiger partial charge in [-0.3, -0.25) is 10.1 Å². The van der Waals surface area contributed by atoms with E-state index >= 15 is 0 Å². The van der Waals surface area contributed by atoms with Crippen LogP contribution in [0, 0.1) is 10.1 Å². The van der Waals surface area contributed by atoms with E-state index < -0.39 is 28.4 Å². The summed E-state index contributed by atoms with van der Waals surface area (Å²) in [6.45, 7) is 0. The van der Waals surface area contributed by atoms with Gasteiger partial charge in [0.1, 0.15) is 16.4 Å². The first-order chi connectivity index (χ1) is 6.45. The van der Waals surface area contributed by atoms with Crippen molar-refractivity contribution in [1.29, 1.82) is 0 Å². The van der Waals surface area contributed by atoms with Crippen molar-refractivity contribution in [3.8, 4) is 0 Å². The fraction of sp³-hybridized carbons (Fsp3) is 0.167. The number of pyridine rings is 1. The first-order valence-corrected chi connectivity index (χ1v) is 4.11. The third-order valence-electron chi connectivity index (χ3n) is 1.47. The summed E-state index contributed by atoms with van der Waals surface area (Å²) in [7, 11) is 0. The molecule has 0 amide bonds. The Morgan fingerprint density at radius 2 is 2.21 bits per heavy atom. The van der Waals surface area contributed by atoms with Crippen LogP contribution in [0.1, 0.15) is 12.1 Å². The van der Waals surface area contributed by atoms with E-state index in [1.807, 2.05) is 0 Å². The number of nitro groups is 1. The largest absolute Gasteiger partial charge is 0.396 e. The summed E-state index contributed by atoms with van der Waals surface area (Å²) in [6, 6.07) is 0. The van der Waals surface area contributed by atoms with Gasteiger partial charge in [-0.2, -0.15) is 0 Å². The molecule has 0 saturated carbocycles. The molecule has 0 unspecified atom stereocenters. The number of nitrogen functional groups attached to an aromatic ring is 1. The molecule has 1 aromatic heterocycles. The summed E-state index contributed by atoms with van der Waals surface area (Å²) >= 11 is 2.76. The van der Waals surface area contributed by atoms with Gasteiger partial charge in [-0.05, 0) is 15.9 Å². The van der Waals surface area contributed by atoms with E-state index in [2.05, 4.69) is 20.9 Å². The van der Waals surface area contributed by atoms with Crippen molar-refractivity contribution < 1.29 is 13.7 Å². The molecule has 0 saturated heterocycles. The van der Waals surface area contributed by atoms with Gasteiger partial charge in [-0.25, -0.2) is 13.8 Å². The van der Waals surface area contributed by atoms with Gasteiger partial charge in [-0.15, -0.1) is 0 Å². The molecule has 8 heteroatoms. The summed E-state index contributed by atoms with van der Waals surface area (Å²) in [6.07, 6.45) is -2.12. The highest BCUT2D eigenvalue weighted by Crippen LogP contribution is 2.35. The quantitative estimate of drug-likeness (QED) is 0.658. The van der Waals surface area contributed by atoms with Gasteiger partial charge in [0, 0.05) is 0 Å². The lowest BCUT2D eigenvalue weighted by molar-refractivity contribution is -0.385. The third-order valence-corrected chi connectivity index (χ3v) is 2.30. The van der Waals surface area contributed by atoms with E-state index in [1.54, 1.807) is 0 Å². The van der Waals surface area contributed by atoms with Crippen LogP contribution in [0.25, 0.3) is 0 Å². The van der Waals surface area contributed by atoms with Crippen molar-refractivity contribution in [3.63, 3.8) is 0 Å². The molecule has 0 spiro atoms. The molecule has 1 aromatic rings. The minimum atomic E-state index is -2.85. The van der Waals surface area contributed by atoms with Gasteiger partial charge in [-0.1, -0.05) is 0 Å². The topological polar surface area (TPSA) is 82.0 Å². The zero-order valence-corrected chi connectivity index (χ0v) is 8.16. The van der Waals surface area contributed by atoms with Crippen molar-refractivity contribution in [1.82, 2.24) is 4.98 Å². The number of rotatable bonds is 2. The van der Waals surface area contributed by atoms with Crippen LogP contribution in [-0.2, 0) is 0 Å². The fourth-order valence-electron chi connectivity index (χ4n) is 0.808. The van der Waals surface area contributed by atoms with Gasteiger partial charge >= 0.3 is 5.69 Å². The maximum absolute atomic E-state index is 12.2. The molecule has 1 heterocycles. The van der Waals surface area contributed by atoms with Gasteiger partial charge in [0.05, 0.1) is 10.6 Å². The lowest BCUT2D eigenvalue weighted by Gasteiger charge is -2.04. The molecule has 0 aliphatic heterocycles. The van der Waals surface area contributed by atoms with Crippen molar-refractivity contribution in [2.24, 2.45) is 0 Å². The molecule has 0 atom stereocenters. The molecule has 5 nitrogen and oxygen atoms in total. The summed E-state index contributed by atoms with van der Waals surface area (Å²) in [5, 5.41) is 10.3. The molecule has 0 radical (unpaired) electrons. The Balaban J connectivity index is 3.33. The SMILES string of the molecule is Nc1c(C(F)F)ncc([N+](=O)[O-])c1Br. The van der Waals surface area contributed by atoms with Gasteiger partial charge in [0.2, 0.25) is 0 Å². The second kappa shape index (κ2) is 3.82. The number of halogens is 3. The van der Waals surface area contributed by atoms with Crippen LogP contribution in [0.2, 0.25) is 0 Å². The smallest absolute Gasteiger partial charge is 0.303 e. The van der Waals surface area contributed by atoms with Gasteiger partial charge in [0.25, 0.3) is 6.43 Å². The highest BCUT2D eigenvalue weighted by Gasteiger charge is 2.22. The lowest BCUT2D eigenvalue weighted by Crippen LogP contribution is -2.02. The molecule has 0 bridgehead atoms.